The molecule has 3 N–H and O–H groups in total. The van der Waals surface area contributed by atoms with Crippen LogP contribution in [0, 0.1) is 0 Å². The van der Waals surface area contributed by atoms with Crippen molar-refractivity contribution in [1.82, 2.24) is 10.3 Å². The van der Waals surface area contributed by atoms with E-state index in [1.807, 2.05) is 18.5 Å². The maximum absolute atomic E-state index is 10.2. The smallest absolute Gasteiger partial charge is 0.172 e. The highest BCUT2D eigenvalue weighted by Crippen LogP contribution is 2.47. The quantitative estimate of drug-likeness (QED) is 0.648. The number of hydrogen-bond acceptors (Lipinski definition) is 4. The molecule has 0 radical (unpaired) electrons. The van der Waals surface area contributed by atoms with Gasteiger partial charge in [-0.05, 0) is 44.3 Å². The van der Waals surface area contributed by atoms with Gasteiger partial charge in [-0.2, -0.15) is 0 Å². The molecular weight excluding hydrogens is 320 g/mol. The number of fused-ring (bicyclic) bond motifs is 2. The molecule has 1 aromatic heterocycles. The SMILES string of the molecule is Oc1c(Br)cc2c(c1O)Cc1cncc3c1C2CNC3. The second-order valence-electron chi connectivity index (χ2n) is 5.36. The van der Waals surface area contributed by atoms with Crippen LogP contribution in [0.15, 0.2) is 22.9 Å². The van der Waals surface area contributed by atoms with Crippen LogP contribution < -0.4 is 5.32 Å². The summed E-state index contributed by atoms with van der Waals surface area (Å²) in [6, 6.07) is 1.93. The van der Waals surface area contributed by atoms with E-state index in [0.29, 0.717) is 10.9 Å². The first-order valence-corrected chi connectivity index (χ1v) is 7.35. The zero-order chi connectivity index (χ0) is 13.9. The molecule has 5 heteroatoms. The Morgan fingerprint density at radius 2 is 2.00 bits per heavy atom. The van der Waals surface area contributed by atoms with E-state index in [2.05, 4.69) is 26.2 Å². The standard InChI is InChI=1S/C15H13BrN2O2/c16-12-2-9-10(14(19)15(12)20)1-7-3-17-4-8-5-18-6-11(9)13(7)8/h2-4,11,18-20H,1,5-6H2. The van der Waals surface area contributed by atoms with Gasteiger partial charge < -0.3 is 15.5 Å². The summed E-state index contributed by atoms with van der Waals surface area (Å²) in [6.45, 7) is 1.68. The zero-order valence-corrected chi connectivity index (χ0v) is 12.2. The molecule has 1 aliphatic carbocycles. The van der Waals surface area contributed by atoms with Gasteiger partial charge in [0.25, 0.3) is 0 Å². The van der Waals surface area contributed by atoms with E-state index in [1.54, 1.807) is 0 Å². The van der Waals surface area contributed by atoms with Crippen molar-refractivity contribution in [2.45, 2.75) is 18.9 Å². The molecule has 1 aliphatic heterocycles. The molecule has 0 bridgehead atoms. The van der Waals surface area contributed by atoms with Gasteiger partial charge in [0.05, 0.1) is 4.47 Å². The van der Waals surface area contributed by atoms with E-state index in [9.17, 15) is 10.2 Å². The van der Waals surface area contributed by atoms with Gasteiger partial charge in [-0.3, -0.25) is 4.98 Å². The Morgan fingerprint density at radius 3 is 2.85 bits per heavy atom. The average molecular weight is 333 g/mol. The number of benzene rings is 1. The second-order valence-corrected chi connectivity index (χ2v) is 6.21. The summed E-state index contributed by atoms with van der Waals surface area (Å²) < 4.78 is 0.540. The first-order valence-electron chi connectivity index (χ1n) is 6.56. The molecule has 1 aromatic carbocycles. The number of phenolic OH excluding ortho intramolecular Hbond substituents is 2. The minimum Gasteiger partial charge on any atom is -0.504 e. The second kappa shape index (κ2) is 4.20. The van der Waals surface area contributed by atoms with Crippen molar-refractivity contribution in [3.63, 3.8) is 0 Å². The molecule has 0 spiro atoms. The van der Waals surface area contributed by atoms with Crippen LogP contribution in [0.25, 0.3) is 0 Å². The molecular formula is C15H13BrN2O2. The van der Waals surface area contributed by atoms with Crippen molar-refractivity contribution in [1.29, 1.82) is 0 Å². The lowest BCUT2D eigenvalue weighted by atomic mass is 9.75. The van der Waals surface area contributed by atoms with Crippen LogP contribution in [0.3, 0.4) is 0 Å². The lowest BCUT2D eigenvalue weighted by Gasteiger charge is -2.34. The summed E-state index contributed by atoms with van der Waals surface area (Å²) in [4.78, 5) is 4.29. The van der Waals surface area contributed by atoms with Gasteiger partial charge in [0, 0.05) is 43.4 Å². The van der Waals surface area contributed by atoms with Crippen molar-refractivity contribution in [2.24, 2.45) is 0 Å². The monoisotopic (exact) mass is 332 g/mol. The van der Waals surface area contributed by atoms with E-state index >= 15 is 0 Å². The first-order chi connectivity index (χ1) is 9.66. The van der Waals surface area contributed by atoms with E-state index in [4.69, 9.17) is 0 Å². The van der Waals surface area contributed by atoms with Crippen LogP contribution >= 0.6 is 15.9 Å². The fourth-order valence-corrected chi connectivity index (χ4v) is 3.82. The van der Waals surface area contributed by atoms with Crippen molar-refractivity contribution in [2.75, 3.05) is 6.54 Å². The van der Waals surface area contributed by atoms with E-state index in [0.717, 1.165) is 29.8 Å². The Balaban J connectivity index is 2.01. The summed E-state index contributed by atoms with van der Waals surface area (Å²) in [7, 11) is 0. The third-order valence-corrected chi connectivity index (χ3v) is 4.88. The van der Waals surface area contributed by atoms with Gasteiger partial charge >= 0.3 is 0 Å². The summed E-state index contributed by atoms with van der Waals surface area (Å²) >= 11 is 3.32. The topological polar surface area (TPSA) is 65.4 Å². The lowest BCUT2D eigenvalue weighted by Crippen LogP contribution is -2.32. The highest BCUT2D eigenvalue weighted by molar-refractivity contribution is 9.10. The highest BCUT2D eigenvalue weighted by Gasteiger charge is 2.33. The Hall–Kier alpha value is -1.59. The largest absolute Gasteiger partial charge is 0.504 e. The highest BCUT2D eigenvalue weighted by atomic mass is 79.9. The zero-order valence-electron chi connectivity index (χ0n) is 10.7. The number of nitrogens with one attached hydrogen (secondary N) is 1. The van der Waals surface area contributed by atoms with Gasteiger partial charge in [0.15, 0.2) is 11.5 Å². The Morgan fingerprint density at radius 1 is 1.20 bits per heavy atom. The maximum atomic E-state index is 10.2. The maximum Gasteiger partial charge on any atom is 0.172 e. The summed E-state index contributed by atoms with van der Waals surface area (Å²) in [5.41, 5.74) is 5.61. The molecule has 2 aromatic rings. The third-order valence-electron chi connectivity index (χ3n) is 4.27. The molecule has 0 fully saturated rings. The average Bonchev–Trinajstić information content (AvgIpc) is 2.47. The number of phenols is 2. The van der Waals surface area contributed by atoms with E-state index in [-0.39, 0.29) is 17.4 Å². The minimum absolute atomic E-state index is 0.0176. The van der Waals surface area contributed by atoms with Gasteiger partial charge in [-0.15, -0.1) is 0 Å². The summed E-state index contributed by atoms with van der Waals surface area (Å²) in [5.74, 6) is 0.111. The first kappa shape index (κ1) is 12.2. The number of aromatic nitrogens is 1. The van der Waals surface area contributed by atoms with Crippen molar-refractivity contribution in [3.05, 3.63) is 50.8 Å². The normalized spacial score (nSPS) is 19.4. The number of rotatable bonds is 0. The molecule has 1 unspecified atom stereocenters. The van der Waals surface area contributed by atoms with Crippen molar-refractivity contribution >= 4 is 15.9 Å². The summed E-state index contributed by atoms with van der Waals surface area (Å²) in [5, 5.41) is 23.5. The number of aromatic hydroxyl groups is 2. The molecule has 2 heterocycles. The van der Waals surface area contributed by atoms with Crippen molar-refractivity contribution in [3.8, 4) is 11.5 Å². The fraction of sp³-hybridized carbons (Fsp3) is 0.267. The number of pyridine rings is 1. The molecule has 20 heavy (non-hydrogen) atoms. The molecule has 0 amide bonds. The third kappa shape index (κ3) is 1.53. The van der Waals surface area contributed by atoms with Crippen LogP contribution in [0.1, 0.15) is 33.7 Å². The molecule has 4 rings (SSSR count). The molecule has 102 valence electrons. The molecule has 0 saturated carbocycles. The molecule has 4 nitrogen and oxygen atoms in total. The predicted molar refractivity (Wildman–Crippen MR) is 78.1 cm³/mol. The molecule has 1 atom stereocenters. The van der Waals surface area contributed by atoms with E-state index in [1.165, 1.54) is 11.1 Å². The van der Waals surface area contributed by atoms with Gasteiger partial charge in [0.2, 0.25) is 0 Å². The van der Waals surface area contributed by atoms with Gasteiger partial charge in [0.1, 0.15) is 0 Å². The number of hydrogen-bond donors (Lipinski definition) is 3. The molecule has 2 aliphatic rings. The minimum atomic E-state index is -0.0833. The van der Waals surface area contributed by atoms with Gasteiger partial charge in [-0.25, -0.2) is 0 Å². The number of nitrogens with zero attached hydrogens (tertiary/aromatic N) is 1. The number of halogens is 1. The van der Waals surface area contributed by atoms with Gasteiger partial charge in [-0.1, -0.05) is 0 Å². The fourth-order valence-electron chi connectivity index (χ4n) is 3.38. The predicted octanol–water partition coefficient (Wildman–Crippen LogP) is 2.39. The van der Waals surface area contributed by atoms with Crippen LogP contribution in [0.4, 0.5) is 0 Å². The van der Waals surface area contributed by atoms with E-state index < -0.39 is 0 Å². The van der Waals surface area contributed by atoms with Crippen LogP contribution in [0.2, 0.25) is 0 Å². The molecule has 0 saturated heterocycles. The van der Waals surface area contributed by atoms with Crippen molar-refractivity contribution < 1.29 is 10.2 Å². The Labute approximate surface area is 124 Å². The van der Waals surface area contributed by atoms with Crippen LogP contribution in [-0.4, -0.2) is 21.7 Å². The lowest BCUT2D eigenvalue weighted by molar-refractivity contribution is 0.395. The van der Waals surface area contributed by atoms with Crippen LogP contribution in [-0.2, 0) is 13.0 Å². The summed E-state index contributed by atoms with van der Waals surface area (Å²) in [6.07, 6.45) is 4.41. The Bertz CT molecular complexity index is 730. The Kier molecular flexibility index (Phi) is 2.56. The van der Waals surface area contributed by atoms with Crippen LogP contribution in [0.5, 0.6) is 11.5 Å².